The Hall–Kier alpha value is -1.84. The monoisotopic (exact) mass is 190 g/mol. The minimum absolute atomic E-state index is 0.342. The molecule has 2 rings (SSSR count). The molecule has 0 fully saturated rings. The summed E-state index contributed by atoms with van der Waals surface area (Å²) in [7, 11) is 0. The molecule has 0 unspecified atom stereocenters. The molecule has 4 heteroatoms. The molecular weight excluding hydrogens is 180 g/mol. The van der Waals surface area contributed by atoms with Crippen LogP contribution in [-0.4, -0.2) is 22.5 Å². The molecule has 0 atom stereocenters. The van der Waals surface area contributed by atoms with E-state index in [0.717, 1.165) is 11.0 Å². The number of hydrogen-bond donors (Lipinski definition) is 1. The van der Waals surface area contributed by atoms with E-state index in [0.29, 0.717) is 12.3 Å². The molecule has 0 aliphatic heterocycles. The summed E-state index contributed by atoms with van der Waals surface area (Å²) >= 11 is 0. The third kappa shape index (κ3) is 1.46. The minimum Gasteiger partial charge on any atom is -0.461 e. The lowest BCUT2D eigenvalue weighted by molar-refractivity contribution is 0.0520. The molecule has 4 nitrogen and oxygen atoms in total. The van der Waals surface area contributed by atoms with E-state index in [1.54, 1.807) is 19.2 Å². The highest BCUT2D eigenvalue weighted by atomic mass is 16.5. The zero-order valence-corrected chi connectivity index (χ0v) is 7.78. The maximum absolute atomic E-state index is 11.3. The van der Waals surface area contributed by atoms with Crippen LogP contribution < -0.4 is 0 Å². The highest BCUT2D eigenvalue weighted by Crippen LogP contribution is 2.12. The van der Waals surface area contributed by atoms with Gasteiger partial charge in [-0.1, -0.05) is 0 Å². The van der Waals surface area contributed by atoms with Gasteiger partial charge in [-0.25, -0.2) is 4.79 Å². The Morgan fingerprint density at radius 2 is 2.50 bits per heavy atom. The van der Waals surface area contributed by atoms with Crippen LogP contribution in [0.25, 0.3) is 11.0 Å². The third-order valence-corrected chi connectivity index (χ3v) is 1.88. The SMILES string of the molecule is CCOC(=O)c1cc2ncccc2[nH]1. The lowest BCUT2D eigenvalue weighted by atomic mass is 10.4. The average Bonchev–Trinajstić information content (AvgIpc) is 2.61. The van der Waals surface area contributed by atoms with Crippen LogP contribution >= 0.6 is 0 Å². The van der Waals surface area contributed by atoms with Gasteiger partial charge in [0.2, 0.25) is 0 Å². The number of fused-ring (bicyclic) bond motifs is 1. The third-order valence-electron chi connectivity index (χ3n) is 1.88. The predicted molar refractivity (Wildman–Crippen MR) is 52.1 cm³/mol. The smallest absolute Gasteiger partial charge is 0.354 e. The van der Waals surface area contributed by atoms with Gasteiger partial charge < -0.3 is 9.72 Å². The van der Waals surface area contributed by atoms with E-state index in [2.05, 4.69) is 9.97 Å². The number of esters is 1. The average molecular weight is 190 g/mol. The Bertz CT molecular complexity index is 429. The second kappa shape index (κ2) is 3.49. The number of hydrogen-bond acceptors (Lipinski definition) is 3. The zero-order valence-electron chi connectivity index (χ0n) is 7.78. The van der Waals surface area contributed by atoms with E-state index >= 15 is 0 Å². The number of aromatic amines is 1. The Labute approximate surface area is 80.9 Å². The summed E-state index contributed by atoms with van der Waals surface area (Å²) in [5.41, 5.74) is 2.06. The van der Waals surface area contributed by atoms with Gasteiger partial charge in [-0.05, 0) is 25.1 Å². The van der Waals surface area contributed by atoms with Crippen LogP contribution in [0.15, 0.2) is 24.4 Å². The molecule has 0 saturated carbocycles. The molecule has 2 aromatic rings. The number of carbonyl (C=O) groups is 1. The number of nitrogens with zero attached hydrogens (tertiary/aromatic N) is 1. The molecule has 0 radical (unpaired) electrons. The summed E-state index contributed by atoms with van der Waals surface area (Å²) in [6.45, 7) is 2.15. The van der Waals surface area contributed by atoms with E-state index in [1.165, 1.54) is 0 Å². The van der Waals surface area contributed by atoms with Gasteiger partial charge in [0.05, 0.1) is 17.6 Å². The van der Waals surface area contributed by atoms with Crippen molar-refractivity contribution in [3.05, 3.63) is 30.1 Å². The van der Waals surface area contributed by atoms with Crippen LogP contribution in [0.1, 0.15) is 17.4 Å². The molecule has 0 amide bonds. The van der Waals surface area contributed by atoms with Crippen molar-refractivity contribution in [2.24, 2.45) is 0 Å². The number of rotatable bonds is 2. The number of carbonyl (C=O) groups excluding carboxylic acids is 1. The molecule has 0 aliphatic rings. The summed E-state index contributed by atoms with van der Waals surface area (Å²) in [5, 5.41) is 0. The first-order valence-corrected chi connectivity index (χ1v) is 4.42. The second-order valence-electron chi connectivity index (χ2n) is 2.84. The van der Waals surface area contributed by atoms with E-state index < -0.39 is 0 Å². The first-order valence-electron chi connectivity index (χ1n) is 4.42. The molecule has 2 heterocycles. The maximum atomic E-state index is 11.3. The van der Waals surface area contributed by atoms with Gasteiger partial charge in [0.15, 0.2) is 0 Å². The number of aromatic nitrogens is 2. The van der Waals surface area contributed by atoms with Gasteiger partial charge in [-0.3, -0.25) is 4.98 Å². The molecule has 0 aromatic carbocycles. The highest BCUT2D eigenvalue weighted by Gasteiger charge is 2.09. The summed E-state index contributed by atoms with van der Waals surface area (Å²) in [5.74, 6) is -0.342. The van der Waals surface area contributed by atoms with Crippen molar-refractivity contribution in [2.45, 2.75) is 6.92 Å². The van der Waals surface area contributed by atoms with Crippen molar-refractivity contribution in [1.29, 1.82) is 0 Å². The largest absolute Gasteiger partial charge is 0.461 e. The summed E-state index contributed by atoms with van der Waals surface area (Å²) in [6.07, 6.45) is 1.69. The molecule has 0 spiro atoms. The van der Waals surface area contributed by atoms with Crippen LogP contribution in [0.2, 0.25) is 0 Å². The van der Waals surface area contributed by atoms with Crippen molar-refractivity contribution >= 4 is 17.0 Å². The fourth-order valence-electron chi connectivity index (χ4n) is 1.27. The first-order chi connectivity index (χ1) is 6.81. The number of pyridine rings is 1. The van der Waals surface area contributed by atoms with Gasteiger partial charge in [0.1, 0.15) is 5.69 Å². The van der Waals surface area contributed by atoms with Crippen LogP contribution in [0.5, 0.6) is 0 Å². The van der Waals surface area contributed by atoms with Crippen molar-refractivity contribution in [1.82, 2.24) is 9.97 Å². The molecule has 0 aliphatic carbocycles. The summed E-state index contributed by atoms with van der Waals surface area (Å²) in [6, 6.07) is 5.37. The van der Waals surface area contributed by atoms with Crippen LogP contribution in [0.3, 0.4) is 0 Å². The molecule has 2 aromatic heterocycles. The van der Waals surface area contributed by atoms with Gasteiger partial charge in [-0.2, -0.15) is 0 Å². The normalized spacial score (nSPS) is 10.4. The number of H-pyrrole nitrogens is 1. The Balaban J connectivity index is 2.40. The van der Waals surface area contributed by atoms with Gasteiger partial charge in [-0.15, -0.1) is 0 Å². The Kier molecular flexibility index (Phi) is 2.18. The van der Waals surface area contributed by atoms with Crippen molar-refractivity contribution in [3.8, 4) is 0 Å². The number of nitrogens with one attached hydrogen (secondary N) is 1. The maximum Gasteiger partial charge on any atom is 0.354 e. The molecule has 1 N–H and O–H groups in total. The summed E-state index contributed by atoms with van der Waals surface area (Å²) in [4.78, 5) is 18.4. The fraction of sp³-hybridized carbons (Fsp3) is 0.200. The molecule has 72 valence electrons. The summed E-state index contributed by atoms with van der Waals surface area (Å²) < 4.78 is 4.86. The zero-order chi connectivity index (χ0) is 9.97. The fourth-order valence-corrected chi connectivity index (χ4v) is 1.27. The van der Waals surface area contributed by atoms with Gasteiger partial charge >= 0.3 is 5.97 Å². The van der Waals surface area contributed by atoms with Crippen molar-refractivity contribution in [3.63, 3.8) is 0 Å². The first kappa shape index (κ1) is 8.74. The Morgan fingerprint density at radius 1 is 1.64 bits per heavy atom. The van der Waals surface area contributed by atoms with E-state index in [1.807, 2.05) is 12.1 Å². The minimum atomic E-state index is -0.342. The lowest BCUT2D eigenvalue weighted by Crippen LogP contribution is -2.04. The second-order valence-corrected chi connectivity index (χ2v) is 2.84. The Morgan fingerprint density at radius 3 is 3.21 bits per heavy atom. The number of ether oxygens (including phenoxy) is 1. The van der Waals surface area contributed by atoms with Gasteiger partial charge in [0.25, 0.3) is 0 Å². The lowest BCUT2D eigenvalue weighted by Gasteiger charge is -1.96. The van der Waals surface area contributed by atoms with Gasteiger partial charge in [0, 0.05) is 6.20 Å². The van der Waals surface area contributed by atoms with E-state index in [9.17, 15) is 4.79 Å². The van der Waals surface area contributed by atoms with Crippen LogP contribution in [0, 0.1) is 0 Å². The molecular formula is C10H10N2O2. The van der Waals surface area contributed by atoms with Crippen LogP contribution in [0.4, 0.5) is 0 Å². The molecule has 0 saturated heterocycles. The van der Waals surface area contributed by atoms with Crippen LogP contribution in [-0.2, 0) is 4.74 Å². The predicted octanol–water partition coefficient (Wildman–Crippen LogP) is 1.74. The quantitative estimate of drug-likeness (QED) is 0.734. The molecule has 14 heavy (non-hydrogen) atoms. The standard InChI is InChI=1S/C10H10N2O2/c1-2-14-10(13)9-6-8-7(12-9)4-3-5-11-8/h3-6,12H,2H2,1H3. The topological polar surface area (TPSA) is 55.0 Å². The van der Waals surface area contributed by atoms with E-state index in [4.69, 9.17) is 4.74 Å². The van der Waals surface area contributed by atoms with Crippen molar-refractivity contribution < 1.29 is 9.53 Å². The van der Waals surface area contributed by atoms with E-state index in [-0.39, 0.29) is 5.97 Å². The highest BCUT2D eigenvalue weighted by molar-refractivity contribution is 5.93. The molecule has 0 bridgehead atoms. The van der Waals surface area contributed by atoms with Crippen molar-refractivity contribution in [2.75, 3.05) is 6.61 Å².